The van der Waals surface area contributed by atoms with Crippen LogP contribution >= 0.6 is 0 Å². The molecule has 0 radical (unpaired) electrons. The summed E-state index contributed by atoms with van der Waals surface area (Å²) in [7, 11) is 1.64. The minimum Gasteiger partial charge on any atom is -0.326 e. The van der Waals surface area contributed by atoms with Crippen LogP contribution in [0.2, 0.25) is 0 Å². The van der Waals surface area contributed by atoms with E-state index in [1.807, 2.05) is 18.5 Å². The molecule has 0 bridgehead atoms. The lowest BCUT2D eigenvalue weighted by atomic mass is 10.1. The van der Waals surface area contributed by atoms with Gasteiger partial charge in [0.1, 0.15) is 18.8 Å². The minimum absolute atomic E-state index is 0.250. The molecule has 0 fully saturated rings. The quantitative estimate of drug-likeness (QED) is 0.537. The number of imidazole rings is 1. The van der Waals surface area contributed by atoms with Gasteiger partial charge in [-0.05, 0) is 18.6 Å². The van der Waals surface area contributed by atoms with Crippen molar-refractivity contribution in [2.75, 3.05) is 7.11 Å². The lowest BCUT2D eigenvalue weighted by Crippen LogP contribution is -2.39. The van der Waals surface area contributed by atoms with Gasteiger partial charge in [-0.1, -0.05) is 0 Å². The summed E-state index contributed by atoms with van der Waals surface area (Å²) in [5.74, 6) is -1.83. The number of benzene rings is 1. The number of hydrogen-bond acceptors (Lipinski definition) is 3. The molecule has 0 spiro atoms. The Hall–Kier alpha value is -2.61. The Morgan fingerprint density at radius 1 is 1.24 bits per heavy atom. The van der Waals surface area contributed by atoms with Gasteiger partial charge in [-0.15, -0.1) is 0 Å². The number of rotatable bonds is 1. The van der Waals surface area contributed by atoms with Gasteiger partial charge in [0.05, 0.1) is 5.52 Å². The number of nitrogens with two attached hydrogens (primary N) is 1. The van der Waals surface area contributed by atoms with Gasteiger partial charge < -0.3 is 10.3 Å². The maximum atomic E-state index is 12.0. The average molecular weight is 351 g/mol. The van der Waals surface area contributed by atoms with Gasteiger partial charge in [0.25, 0.3) is 0 Å². The third-order valence-electron chi connectivity index (χ3n) is 3.99. The molecule has 8 heteroatoms. The highest BCUT2D eigenvalue weighted by atomic mass is 19.2. The number of hydrogen-bond donors (Lipinski definition) is 1. The normalized spacial score (nSPS) is 16.1. The van der Waals surface area contributed by atoms with Crippen molar-refractivity contribution in [3.05, 3.63) is 59.9 Å². The molecular weight excluding hydrogens is 333 g/mol. The highest BCUT2D eigenvalue weighted by Gasteiger charge is 2.20. The smallest absolute Gasteiger partial charge is 0.250 e. The lowest BCUT2D eigenvalue weighted by molar-refractivity contribution is -0.884. The molecule has 1 aromatic carbocycles. The summed E-state index contributed by atoms with van der Waals surface area (Å²) in [4.78, 5) is 9.72. The third-order valence-corrected chi connectivity index (χ3v) is 3.99. The third kappa shape index (κ3) is 3.74. The number of nitrogens with zero attached hydrogens (tertiary/aromatic N) is 3. The molecule has 25 heavy (non-hydrogen) atoms. The van der Waals surface area contributed by atoms with Crippen LogP contribution in [0.15, 0.2) is 36.7 Å². The Bertz CT molecular complexity index is 897. The fourth-order valence-corrected chi connectivity index (χ4v) is 2.73. The SMILES string of the molecule is CO[n+]1ccc2c(c1)nc1n2C[C@H](N)CC1.Fc1ccc(F)c(F)c1. The summed E-state index contributed by atoms with van der Waals surface area (Å²) in [6.07, 6.45) is 5.76. The Labute approximate surface area is 142 Å². The number of pyridine rings is 1. The summed E-state index contributed by atoms with van der Waals surface area (Å²) < 4.78 is 39.7. The first-order valence-corrected chi connectivity index (χ1v) is 7.79. The molecule has 5 nitrogen and oxygen atoms in total. The zero-order valence-corrected chi connectivity index (χ0v) is 13.6. The molecule has 1 aliphatic rings. The van der Waals surface area contributed by atoms with Crippen molar-refractivity contribution in [1.29, 1.82) is 0 Å². The van der Waals surface area contributed by atoms with Crippen LogP contribution < -0.4 is 15.3 Å². The lowest BCUT2D eigenvalue weighted by Gasteiger charge is -2.20. The van der Waals surface area contributed by atoms with Gasteiger partial charge >= 0.3 is 0 Å². The van der Waals surface area contributed by atoms with E-state index in [4.69, 9.17) is 10.6 Å². The van der Waals surface area contributed by atoms with Crippen LogP contribution in [0.25, 0.3) is 11.0 Å². The Kier molecular flexibility index (Phi) is 4.89. The van der Waals surface area contributed by atoms with Crippen molar-refractivity contribution in [3.8, 4) is 0 Å². The molecule has 0 unspecified atom stereocenters. The molecule has 2 N–H and O–H groups in total. The number of aromatic nitrogens is 3. The summed E-state index contributed by atoms with van der Waals surface area (Å²) in [5, 5.41) is 0. The molecule has 0 saturated heterocycles. The van der Waals surface area contributed by atoms with Crippen LogP contribution in [0.4, 0.5) is 13.2 Å². The van der Waals surface area contributed by atoms with Crippen molar-refractivity contribution in [1.82, 2.24) is 9.55 Å². The van der Waals surface area contributed by atoms with Gasteiger partial charge in [-0.2, -0.15) is 0 Å². The standard InChI is InChI=1S/C11H15N4O.C6H3F3/c1-16-14-5-4-10-9(7-14)13-11-3-2-8(12)6-15(10)11;7-4-1-2-5(8)6(9)3-4/h4-5,7-8H,2-3,6,12H2,1H3;1-3H/q+1;/t8-;/m1./s1. The monoisotopic (exact) mass is 351 g/mol. The second-order valence-electron chi connectivity index (χ2n) is 5.75. The molecule has 1 atom stereocenters. The van der Waals surface area contributed by atoms with Crippen molar-refractivity contribution in [2.45, 2.75) is 25.4 Å². The van der Waals surface area contributed by atoms with E-state index in [9.17, 15) is 13.2 Å². The Morgan fingerprint density at radius 2 is 2.04 bits per heavy atom. The summed E-state index contributed by atoms with van der Waals surface area (Å²) >= 11 is 0. The maximum absolute atomic E-state index is 12.0. The van der Waals surface area contributed by atoms with E-state index in [1.54, 1.807) is 11.8 Å². The van der Waals surface area contributed by atoms with E-state index in [1.165, 1.54) is 0 Å². The molecule has 3 heterocycles. The van der Waals surface area contributed by atoms with Crippen LogP contribution in [0.3, 0.4) is 0 Å². The maximum Gasteiger partial charge on any atom is 0.250 e. The largest absolute Gasteiger partial charge is 0.326 e. The molecule has 1 aliphatic heterocycles. The summed E-state index contributed by atoms with van der Waals surface area (Å²) in [6.45, 7) is 0.864. The Balaban J connectivity index is 0.000000173. The number of aryl methyl sites for hydroxylation is 1. The van der Waals surface area contributed by atoms with E-state index in [-0.39, 0.29) is 6.04 Å². The first-order chi connectivity index (χ1) is 12.0. The van der Waals surface area contributed by atoms with Crippen LogP contribution in [0, 0.1) is 17.5 Å². The second-order valence-corrected chi connectivity index (χ2v) is 5.75. The van der Waals surface area contributed by atoms with Crippen molar-refractivity contribution >= 4 is 11.0 Å². The molecule has 0 saturated carbocycles. The van der Waals surface area contributed by atoms with Crippen molar-refractivity contribution < 1.29 is 22.7 Å². The van der Waals surface area contributed by atoms with Gasteiger partial charge in [-0.25, -0.2) is 18.2 Å². The van der Waals surface area contributed by atoms with Gasteiger partial charge in [-0.3, -0.25) is 4.84 Å². The van der Waals surface area contributed by atoms with Gasteiger partial charge in [0.15, 0.2) is 17.2 Å². The molecule has 0 amide bonds. The molecule has 0 aliphatic carbocycles. The molecule has 2 aromatic heterocycles. The fourth-order valence-electron chi connectivity index (χ4n) is 2.73. The zero-order valence-electron chi connectivity index (χ0n) is 13.6. The van der Waals surface area contributed by atoms with Gasteiger partial charge in [0.2, 0.25) is 12.4 Å². The van der Waals surface area contributed by atoms with Crippen LogP contribution in [-0.4, -0.2) is 22.7 Å². The molecule has 4 rings (SSSR count). The first-order valence-electron chi connectivity index (χ1n) is 7.79. The van der Waals surface area contributed by atoms with E-state index < -0.39 is 17.5 Å². The van der Waals surface area contributed by atoms with Crippen LogP contribution in [-0.2, 0) is 13.0 Å². The number of halogens is 3. The predicted molar refractivity (Wildman–Crippen MR) is 85.0 cm³/mol. The Morgan fingerprint density at radius 3 is 2.72 bits per heavy atom. The van der Waals surface area contributed by atoms with Crippen LogP contribution in [0.5, 0.6) is 0 Å². The summed E-state index contributed by atoms with van der Waals surface area (Å²) in [5.41, 5.74) is 8.08. The average Bonchev–Trinajstić information content (AvgIpc) is 2.96. The van der Waals surface area contributed by atoms with E-state index in [0.717, 1.165) is 48.4 Å². The van der Waals surface area contributed by atoms with Crippen molar-refractivity contribution in [2.24, 2.45) is 5.73 Å². The zero-order chi connectivity index (χ0) is 18.0. The topological polar surface area (TPSA) is 57.0 Å². The molecule has 132 valence electrons. The fraction of sp³-hybridized carbons (Fsp3) is 0.294. The van der Waals surface area contributed by atoms with E-state index >= 15 is 0 Å². The highest BCUT2D eigenvalue weighted by Crippen LogP contribution is 2.20. The van der Waals surface area contributed by atoms with Gasteiger partial charge in [0, 0.05) is 35.9 Å². The molecular formula is C17H18F3N4O+. The summed E-state index contributed by atoms with van der Waals surface area (Å²) in [6, 6.07) is 4.37. The van der Waals surface area contributed by atoms with Crippen LogP contribution in [0.1, 0.15) is 12.2 Å². The second kappa shape index (κ2) is 7.10. The first kappa shape index (κ1) is 17.2. The molecule has 3 aromatic rings. The van der Waals surface area contributed by atoms with E-state index in [2.05, 4.69) is 9.55 Å². The van der Waals surface area contributed by atoms with Crippen molar-refractivity contribution in [3.63, 3.8) is 0 Å². The minimum atomic E-state index is -1.16. The highest BCUT2D eigenvalue weighted by molar-refractivity contribution is 5.74. The van der Waals surface area contributed by atoms with E-state index in [0.29, 0.717) is 6.07 Å². The predicted octanol–water partition coefficient (Wildman–Crippen LogP) is 1.76. The number of fused-ring (bicyclic) bond motifs is 3.